The number of halogens is 1. The van der Waals surface area contributed by atoms with Gasteiger partial charge >= 0.3 is 0 Å². The molecule has 0 aliphatic carbocycles. The van der Waals surface area contributed by atoms with Crippen LogP contribution in [0, 0.1) is 0 Å². The second-order valence-electron chi connectivity index (χ2n) is 5.88. The van der Waals surface area contributed by atoms with E-state index in [4.69, 9.17) is 21.1 Å². The highest BCUT2D eigenvalue weighted by Gasteiger charge is 2.11. The molecule has 0 fully saturated rings. The van der Waals surface area contributed by atoms with E-state index in [-0.39, 0.29) is 11.9 Å². The Morgan fingerprint density at radius 3 is 2.31 bits per heavy atom. The van der Waals surface area contributed by atoms with Gasteiger partial charge in [0, 0.05) is 10.6 Å². The van der Waals surface area contributed by atoms with Crippen molar-refractivity contribution in [2.45, 2.75) is 19.9 Å². The number of quaternary nitrogens is 1. The molecule has 1 atom stereocenters. The van der Waals surface area contributed by atoms with Crippen molar-refractivity contribution in [2.75, 3.05) is 26.3 Å². The van der Waals surface area contributed by atoms with Crippen LogP contribution in [0.3, 0.4) is 0 Å². The minimum absolute atomic E-state index is 0.0129. The topological polar surface area (TPSA) is 64.2 Å². The zero-order valence-corrected chi connectivity index (χ0v) is 16.0. The fraction of sp³-hybridized carbons (Fsp3) is 0.350. The maximum Gasteiger partial charge on any atom is 0.275 e. The summed E-state index contributed by atoms with van der Waals surface area (Å²) in [5.74, 6) is 1.56. The third kappa shape index (κ3) is 6.94. The minimum atomic E-state index is -0.0129. The fourth-order valence-electron chi connectivity index (χ4n) is 2.42. The van der Waals surface area contributed by atoms with Gasteiger partial charge in [0.1, 0.15) is 24.1 Å². The van der Waals surface area contributed by atoms with Gasteiger partial charge in [0.25, 0.3) is 5.91 Å². The van der Waals surface area contributed by atoms with E-state index in [9.17, 15) is 4.79 Å². The molecule has 1 amide bonds. The molecule has 0 spiro atoms. The van der Waals surface area contributed by atoms with E-state index in [0.29, 0.717) is 31.3 Å². The van der Waals surface area contributed by atoms with E-state index in [1.54, 1.807) is 0 Å². The van der Waals surface area contributed by atoms with Crippen LogP contribution < -0.4 is 20.1 Å². The number of benzene rings is 2. The Bertz CT molecular complexity index is 674. The number of carbonyl (C=O) groups excluding carboxylic acids is 1. The van der Waals surface area contributed by atoms with Crippen molar-refractivity contribution in [3.05, 3.63) is 59.1 Å². The zero-order valence-electron chi connectivity index (χ0n) is 15.2. The maximum absolute atomic E-state index is 11.9. The van der Waals surface area contributed by atoms with Gasteiger partial charge in [0.05, 0.1) is 13.2 Å². The number of amides is 1. The first-order chi connectivity index (χ1) is 12.6. The molecule has 3 N–H and O–H groups in total. The quantitative estimate of drug-likeness (QED) is 0.625. The summed E-state index contributed by atoms with van der Waals surface area (Å²) in [6, 6.07) is 15.3. The highest BCUT2D eigenvalue weighted by Crippen LogP contribution is 2.17. The molecule has 0 aliphatic rings. The molecule has 2 aromatic carbocycles. The van der Waals surface area contributed by atoms with Crippen LogP contribution in [-0.2, 0) is 4.79 Å². The van der Waals surface area contributed by atoms with E-state index >= 15 is 0 Å². The Hall–Kier alpha value is -2.24. The number of nitrogens with one attached hydrogen (secondary N) is 1. The van der Waals surface area contributed by atoms with Gasteiger partial charge in [0.15, 0.2) is 6.54 Å². The molecule has 0 saturated heterocycles. The summed E-state index contributed by atoms with van der Waals surface area (Å²) in [7, 11) is 0. The summed E-state index contributed by atoms with van der Waals surface area (Å²) >= 11 is 5.89. The fourth-order valence-corrected chi connectivity index (χ4v) is 2.54. The van der Waals surface area contributed by atoms with Crippen LogP contribution in [0.15, 0.2) is 48.5 Å². The van der Waals surface area contributed by atoms with Crippen LogP contribution in [0.1, 0.15) is 25.5 Å². The molecule has 140 valence electrons. The SMILES string of the molecule is CCOc1ccc(OCCNC(=O)C[NH2+][C@@H](C)c2ccc(Cl)cc2)cc1. The lowest BCUT2D eigenvalue weighted by atomic mass is 10.1. The van der Waals surface area contributed by atoms with Crippen LogP contribution >= 0.6 is 11.6 Å². The van der Waals surface area contributed by atoms with Crippen LogP contribution in [-0.4, -0.2) is 32.2 Å². The van der Waals surface area contributed by atoms with E-state index in [1.807, 2.05) is 60.8 Å². The molecule has 0 aromatic heterocycles. The van der Waals surface area contributed by atoms with Crippen molar-refractivity contribution >= 4 is 17.5 Å². The summed E-state index contributed by atoms with van der Waals surface area (Å²) in [6.07, 6.45) is 0. The molecular weight excluding hydrogens is 352 g/mol. The predicted molar refractivity (Wildman–Crippen MR) is 103 cm³/mol. The van der Waals surface area contributed by atoms with Crippen molar-refractivity contribution in [2.24, 2.45) is 0 Å². The van der Waals surface area contributed by atoms with Crippen molar-refractivity contribution in [3.63, 3.8) is 0 Å². The molecule has 26 heavy (non-hydrogen) atoms. The Kier molecular flexibility index (Phi) is 8.25. The molecule has 0 aliphatic heterocycles. The van der Waals surface area contributed by atoms with E-state index in [1.165, 1.54) is 0 Å². The van der Waals surface area contributed by atoms with Gasteiger partial charge in [-0.2, -0.15) is 0 Å². The molecule has 0 radical (unpaired) electrons. The normalized spacial score (nSPS) is 11.7. The molecule has 0 saturated carbocycles. The largest absolute Gasteiger partial charge is 0.494 e. The average Bonchev–Trinajstić information content (AvgIpc) is 2.65. The number of hydrogen-bond acceptors (Lipinski definition) is 3. The molecule has 0 heterocycles. The molecule has 2 rings (SSSR count). The highest BCUT2D eigenvalue weighted by atomic mass is 35.5. The summed E-state index contributed by atoms with van der Waals surface area (Å²) in [4.78, 5) is 11.9. The molecule has 5 nitrogen and oxygen atoms in total. The van der Waals surface area contributed by atoms with Crippen LogP contribution in [0.25, 0.3) is 0 Å². The van der Waals surface area contributed by atoms with Crippen molar-refractivity contribution in [1.29, 1.82) is 0 Å². The van der Waals surface area contributed by atoms with Gasteiger partial charge in [-0.1, -0.05) is 23.7 Å². The lowest BCUT2D eigenvalue weighted by molar-refractivity contribution is -0.682. The van der Waals surface area contributed by atoms with Gasteiger partial charge in [0.2, 0.25) is 0 Å². The number of rotatable bonds is 10. The van der Waals surface area contributed by atoms with Gasteiger partial charge in [-0.15, -0.1) is 0 Å². The highest BCUT2D eigenvalue weighted by molar-refractivity contribution is 6.30. The molecular formula is C20H26ClN2O3+. The van der Waals surface area contributed by atoms with Gasteiger partial charge in [-0.25, -0.2) is 0 Å². The molecule has 0 bridgehead atoms. The first kappa shape index (κ1) is 20.1. The van der Waals surface area contributed by atoms with Crippen LogP contribution in [0.5, 0.6) is 11.5 Å². The number of nitrogens with two attached hydrogens (primary N) is 1. The average molecular weight is 378 g/mol. The van der Waals surface area contributed by atoms with E-state index in [0.717, 1.165) is 17.1 Å². The first-order valence-electron chi connectivity index (χ1n) is 8.79. The zero-order chi connectivity index (χ0) is 18.8. The summed E-state index contributed by atoms with van der Waals surface area (Å²) in [6.45, 7) is 5.90. The Balaban J connectivity index is 1.62. The number of carbonyl (C=O) groups is 1. The van der Waals surface area contributed by atoms with E-state index in [2.05, 4.69) is 12.2 Å². The smallest absolute Gasteiger partial charge is 0.275 e. The minimum Gasteiger partial charge on any atom is -0.494 e. The lowest BCUT2D eigenvalue weighted by Gasteiger charge is -2.12. The monoisotopic (exact) mass is 377 g/mol. The Morgan fingerprint density at radius 1 is 1.08 bits per heavy atom. The predicted octanol–water partition coefficient (Wildman–Crippen LogP) is 2.56. The van der Waals surface area contributed by atoms with Crippen molar-refractivity contribution < 1.29 is 19.6 Å². The second kappa shape index (κ2) is 10.7. The molecule has 2 aromatic rings. The van der Waals surface area contributed by atoms with Crippen molar-refractivity contribution in [3.8, 4) is 11.5 Å². The molecule has 6 heteroatoms. The third-order valence-corrected chi connectivity index (χ3v) is 4.13. The maximum atomic E-state index is 11.9. The molecule has 0 unspecified atom stereocenters. The number of hydrogen-bond donors (Lipinski definition) is 2. The summed E-state index contributed by atoms with van der Waals surface area (Å²) in [5, 5.41) is 5.57. The number of ether oxygens (including phenoxy) is 2. The van der Waals surface area contributed by atoms with Crippen LogP contribution in [0.4, 0.5) is 0 Å². The van der Waals surface area contributed by atoms with Crippen molar-refractivity contribution in [1.82, 2.24) is 5.32 Å². The second-order valence-corrected chi connectivity index (χ2v) is 6.32. The standard InChI is InChI=1S/C20H25ClN2O3/c1-3-25-18-8-10-19(11-9-18)26-13-12-22-20(24)14-23-15(2)16-4-6-17(21)7-5-16/h4-11,15,23H,3,12-14H2,1-2H3,(H,22,24)/p+1/t15-/m0/s1. The summed E-state index contributed by atoms with van der Waals surface area (Å²) < 4.78 is 11.0. The Labute approximate surface area is 159 Å². The van der Waals surface area contributed by atoms with Gasteiger partial charge in [-0.3, -0.25) is 4.79 Å². The van der Waals surface area contributed by atoms with Gasteiger partial charge < -0.3 is 20.1 Å². The summed E-state index contributed by atoms with van der Waals surface area (Å²) in [5.41, 5.74) is 1.14. The van der Waals surface area contributed by atoms with Gasteiger partial charge in [-0.05, 0) is 50.2 Å². The lowest BCUT2D eigenvalue weighted by Crippen LogP contribution is -2.87. The van der Waals surface area contributed by atoms with Crippen LogP contribution in [0.2, 0.25) is 5.02 Å². The van der Waals surface area contributed by atoms with E-state index < -0.39 is 0 Å². The Morgan fingerprint density at radius 2 is 1.69 bits per heavy atom. The third-order valence-electron chi connectivity index (χ3n) is 3.88. The first-order valence-corrected chi connectivity index (χ1v) is 9.17.